The van der Waals surface area contributed by atoms with Crippen molar-refractivity contribution in [3.05, 3.63) is 11.6 Å². The molecule has 1 atom stereocenters. The van der Waals surface area contributed by atoms with Crippen LogP contribution >= 0.6 is 0 Å². The molecule has 1 aromatic rings. The minimum atomic E-state index is -0.354. The van der Waals surface area contributed by atoms with Gasteiger partial charge in [-0.1, -0.05) is 6.92 Å². The van der Waals surface area contributed by atoms with E-state index in [4.69, 9.17) is 5.26 Å². The number of carbonyl (C=O) groups is 1. The van der Waals surface area contributed by atoms with Crippen LogP contribution in [0.3, 0.4) is 0 Å². The number of carbonyl (C=O) groups excluding carboxylic acids is 1. The molecule has 1 unspecified atom stereocenters. The molecule has 0 saturated heterocycles. The van der Waals surface area contributed by atoms with Crippen LogP contribution in [0.15, 0.2) is 0 Å². The highest BCUT2D eigenvalue weighted by Gasteiger charge is 2.12. The number of aromatic amines is 1. The van der Waals surface area contributed by atoms with Gasteiger partial charge in [-0.05, 0) is 6.92 Å². The molecule has 0 spiro atoms. The zero-order chi connectivity index (χ0) is 11.3. The smallest absolute Gasteiger partial charge is 0.290 e. The number of amides is 1. The SMILES string of the molecule is CCc1nc(C(=O)NCC(C)C#N)n[nH]1. The first-order valence-corrected chi connectivity index (χ1v) is 4.76. The summed E-state index contributed by atoms with van der Waals surface area (Å²) in [4.78, 5) is 15.4. The molecule has 1 rings (SSSR count). The number of hydrogen-bond donors (Lipinski definition) is 2. The van der Waals surface area contributed by atoms with E-state index in [2.05, 4.69) is 20.5 Å². The maximum Gasteiger partial charge on any atom is 0.290 e. The molecule has 6 heteroatoms. The van der Waals surface area contributed by atoms with Gasteiger partial charge in [-0.25, -0.2) is 4.98 Å². The number of hydrogen-bond acceptors (Lipinski definition) is 4. The van der Waals surface area contributed by atoms with E-state index in [0.29, 0.717) is 18.8 Å². The molecule has 1 amide bonds. The Morgan fingerprint density at radius 3 is 3.00 bits per heavy atom. The summed E-state index contributed by atoms with van der Waals surface area (Å²) in [5, 5.41) is 17.5. The second kappa shape index (κ2) is 5.10. The van der Waals surface area contributed by atoms with Crippen LogP contribution < -0.4 is 5.32 Å². The van der Waals surface area contributed by atoms with Gasteiger partial charge in [0.15, 0.2) is 0 Å². The highest BCUT2D eigenvalue weighted by atomic mass is 16.2. The van der Waals surface area contributed by atoms with Crippen LogP contribution in [-0.2, 0) is 6.42 Å². The third-order valence-electron chi connectivity index (χ3n) is 1.86. The average molecular weight is 207 g/mol. The Morgan fingerprint density at radius 1 is 1.73 bits per heavy atom. The molecular formula is C9H13N5O. The second-order valence-electron chi connectivity index (χ2n) is 3.20. The lowest BCUT2D eigenvalue weighted by Crippen LogP contribution is -2.28. The predicted octanol–water partition coefficient (Wildman–Crippen LogP) is 0.257. The first kappa shape index (κ1) is 11.2. The lowest BCUT2D eigenvalue weighted by molar-refractivity contribution is 0.0940. The van der Waals surface area contributed by atoms with Crippen LogP contribution in [0.1, 0.15) is 30.3 Å². The fraction of sp³-hybridized carbons (Fsp3) is 0.556. The average Bonchev–Trinajstić information content (AvgIpc) is 2.73. The molecule has 6 nitrogen and oxygen atoms in total. The predicted molar refractivity (Wildman–Crippen MR) is 52.9 cm³/mol. The van der Waals surface area contributed by atoms with Gasteiger partial charge in [0.05, 0.1) is 12.0 Å². The second-order valence-corrected chi connectivity index (χ2v) is 3.20. The molecule has 0 bridgehead atoms. The molecule has 0 aliphatic heterocycles. The van der Waals surface area contributed by atoms with Crippen LogP contribution in [0.5, 0.6) is 0 Å². The lowest BCUT2D eigenvalue weighted by atomic mass is 10.2. The Hall–Kier alpha value is -1.90. The van der Waals surface area contributed by atoms with Crippen molar-refractivity contribution >= 4 is 5.91 Å². The molecule has 1 heterocycles. The van der Waals surface area contributed by atoms with Crippen molar-refractivity contribution < 1.29 is 4.79 Å². The molecule has 0 radical (unpaired) electrons. The number of H-pyrrole nitrogens is 1. The fourth-order valence-electron chi connectivity index (χ4n) is 0.925. The third kappa shape index (κ3) is 3.06. The summed E-state index contributed by atoms with van der Waals surface area (Å²) >= 11 is 0. The first-order chi connectivity index (χ1) is 7.17. The minimum Gasteiger partial charge on any atom is -0.348 e. The van der Waals surface area contributed by atoms with Crippen LogP contribution in [0, 0.1) is 17.2 Å². The van der Waals surface area contributed by atoms with Crippen LogP contribution in [0.4, 0.5) is 0 Å². The number of nitriles is 1. The molecule has 80 valence electrons. The van der Waals surface area contributed by atoms with Crippen molar-refractivity contribution in [2.75, 3.05) is 6.54 Å². The van der Waals surface area contributed by atoms with E-state index in [0.717, 1.165) is 0 Å². The monoisotopic (exact) mass is 207 g/mol. The van der Waals surface area contributed by atoms with Gasteiger partial charge in [-0.15, -0.1) is 5.10 Å². The van der Waals surface area contributed by atoms with Gasteiger partial charge < -0.3 is 5.32 Å². The zero-order valence-corrected chi connectivity index (χ0v) is 8.74. The highest BCUT2D eigenvalue weighted by molar-refractivity contribution is 5.90. The van der Waals surface area contributed by atoms with Gasteiger partial charge in [0.1, 0.15) is 5.82 Å². The van der Waals surface area contributed by atoms with E-state index in [1.165, 1.54) is 0 Å². The van der Waals surface area contributed by atoms with E-state index in [9.17, 15) is 4.79 Å². The molecular weight excluding hydrogens is 194 g/mol. The van der Waals surface area contributed by atoms with Crippen molar-refractivity contribution in [1.82, 2.24) is 20.5 Å². The molecule has 0 fully saturated rings. The van der Waals surface area contributed by atoms with Gasteiger partial charge >= 0.3 is 0 Å². The van der Waals surface area contributed by atoms with Crippen LogP contribution in [-0.4, -0.2) is 27.6 Å². The summed E-state index contributed by atoms with van der Waals surface area (Å²) in [5.74, 6) is 0.233. The van der Waals surface area contributed by atoms with Gasteiger partial charge in [0.2, 0.25) is 5.82 Å². The number of nitrogens with zero attached hydrogens (tertiary/aromatic N) is 3. The maximum absolute atomic E-state index is 11.4. The van der Waals surface area contributed by atoms with Gasteiger partial charge in [-0.2, -0.15) is 5.26 Å². The van der Waals surface area contributed by atoms with Crippen LogP contribution in [0.25, 0.3) is 0 Å². The summed E-state index contributed by atoms with van der Waals surface area (Å²) in [6.45, 7) is 3.96. The van der Waals surface area contributed by atoms with E-state index >= 15 is 0 Å². The number of rotatable bonds is 4. The minimum absolute atomic E-state index is 0.122. The zero-order valence-electron chi connectivity index (χ0n) is 8.74. The highest BCUT2D eigenvalue weighted by Crippen LogP contribution is 1.94. The Balaban J connectivity index is 2.51. The van der Waals surface area contributed by atoms with E-state index in [1.54, 1.807) is 6.92 Å². The maximum atomic E-state index is 11.4. The Labute approximate surface area is 87.7 Å². The van der Waals surface area contributed by atoms with Gasteiger partial charge in [0.25, 0.3) is 5.91 Å². The first-order valence-electron chi connectivity index (χ1n) is 4.76. The number of aromatic nitrogens is 3. The van der Waals surface area contributed by atoms with Crippen molar-refractivity contribution in [1.29, 1.82) is 5.26 Å². The quantitative estimate of drug-likeness (QED) is 0.740. The summed E-state index contributed by atoms with van der Waals surface area (Å²) in [6, 6.07) is 2.02. The van der Waals surface area contributed by atoms with Gasteiger partial charge in [-0.3, -0.25) is 9.89 Å². The van der Waals surface area contributed by atoms with Crippen molar-refractivity contribution in [2.24, 2.45) is 5.92 Å². The van der Waals surface area contributed by atoms with E-state index < -0.39 is 0 Å². The topological polar surface area (TPSA) is 94.5 Å². The van der Waals surface area contributed by atoms with Crippen LogP contribution in [0.2, 0.25) is 0 Å². The summed E-state index contributed by atoms with van der Waals surface area (Å²) < 4.78 is 0. The molecule has 0 aliphatic rings. The van der Waals surface area contributed by atoms with E-state index in [1.807, 2.05) is 13.0 Å². The van der Waals surface area contributed by atoms with E-state index in [-0.39, 0.29) is 17.6 Å². The summed E-state index contributed by atoms with van der Waals surface area (Å²) in [5.41, 5.74) is 0. The molecule has 2 N–H and O–H groups in total. The number of aryl methyl sites for hydroxylation is 1. The lowest BCUT2D eigenvalue weighted by Gasteiger charge is -2.02. The molecule has 1 aromatic heterocycles. The Bertz CT molecular complexity index is 378. The Kier molecular flexibility index (Phi) is 3.80. The largest absolute Gasteiger partial charge is 0.348 e. The van der Waals surface area contributed by atoms with Crippen molar-refractivity contribution in [3.63, 3.8) is 0 Å². The molecule has 15 heavy (non-hydrogen) atoms. The number of nitrogens with one attached hydrogen (secondary N) is 2. The summed E-state index contributed by atoms with van der Waals surface area (Å²) in [7, 11) is 0. The van der Waals surface area contributed by atoms with Gasteiger partial charge in [0, 0.05) is 13.0 Å². The third-order valence-corrected chi connectivity index (χ3v) is 1.86. The molecule has 0 aromatic carbocycles. The summed E-state index contributed by atoms with van der Waals surface area (Å²) in [6.07, 6.45) is 0.703. The standard InChI is InChI=1S/C9H13N5O/c1-3-7-12-8(14-13-7)9(15)11-5-6(2)4-10/h6H,3,5H2,1-2H3,(H,11,15)(H,12,13,14). The molecule has 0 aliphatic carbocycles. The fourth-order valence-corrected chi connectivity index (χ4v) is 0.925. The van der Waals surface area contributed by atoms with Crippen molar-refractivity contribution in [3.8, 4) is 6.07 Å². The van der Waals surface area contributed by atoms with Crippen molar-refractivity contribution in [2.45, 2.75) is 20.3 Å². The Morgan fingerprint density at radius 2 is 2.47 bits per heavy atom. The normalized spacial score (nSPS) is 11.8. The molecule has 0 saturated carbocycles.